The number of methoxy groups -OCH3 is 2. The van der Waals surface area contributed by atoms with Crippen molar-refractivity contribution in [3.05, 3.63) is 23.8 Å². The summed E-state index contributed by atoms with van der Waals surface area (Å²) in [5.41, 5.74) is 0.497. The Morgan fingerprint density at radius 1 is 1.26 bits per heavy atom. The summed E-state index contributed by atoms with van der Waals surface area (Å²) in [6.45, 7) is 2.18. The predicted octanol–water partition coefficient (Wildman–Crippen LogP) is 2.91. The lowest BCUT2D eigenvalue weighted by molar-refractivity contribution is -0.127. The van der Waals surface area contributed by atoms with Crippen LogP contribution in [0.4, 0.5) is 0 Å². The summed E-state index contributed by atoms with van der Waals surface area (Å²) < 4.78 is 10.5. The number of amides is 2. The topological polar surface area (TPSA) is 76.7 Å². The molecule has 148 valence electrons. The zero-order chi connectivity index (χ0) is 19.4. The van der Waals surface area contributed by atoms with E-state index in [4.69, 9.17) is 9.47 Å². The highest BCUT2D eigenvalue weighted by Crippen LogP contribution is 2.37. The van der Waals surface area contributed by atoms with Crippen molar-refractivity contribution in [2.45, 2.75) is 57.5 Å². The summed E-state index contributed by atoms with van der Waals surface area (Å²) in [6, 6.07) is 5.41. The fourth-order valence-corrected chi connectivity index (χ4v) is 4.65. The van der Waals surface area contributed by atoms with Gasteiger partial charge in [0, 0.05) is 24.6 Å². The molecule has 2 fully saturated rings. The summed E-state index contributed by atoms with van der Waals surface area (Å²) in [6.07, 6.45) is 5.64. The standard InChI is InChI=1S/C21H30N2O4/c1-4-5-13-10-20(24)23-18-11-14(6-8-16(13)18)22-21(25)17-9-7-15(26-2)12-19(17)27-3/h7,9,12-14,16,18H,4-6,8,10-11H2,1-3H3,(H,22,25)(H,23,24). The quantitative estimate of drug-likeness (QED) is 0.803. The van der Waals surface area contributed by atoms with Crippen LogP contribution in [0.5, 0.6) is 11.5 Å². The van der Waals surface area contributed by atoms with Crippen LogP contribution in [0.1, 0.15) is 55.8 Å². The lowest BCUT2D eigenvalue weighted by Gasteiger charge is -2.44. The van der Waals surface area contributed by atoms with Crippen LogP contribution in [0.2, 0.25) is 0 Å². The smallest absolute Gasteiger partial charge is 0.255 e. The van der Waals surface area contributed by atoms with Gasteiger partial charge < -0.3 is 20.1 Å². The first-order chi connectivity index (χ1) is 13.0. The maximum absolute atomic E-state index is 12.8. The first-order valence-corrected chi connectivity index (χ1v) is 9.88. The predicted molar refractivity (Wildman–Crippen MR) is 103 cm³/mol. The molecule has 3 rings (SSSR count). The number of rotatable bonds is 6. The molecule has 6 nitrogen and oxygen atoms in total. The van der Waals surface area contributed by atoms with E-state index < -0.39 is 0 Å². The summed E-state index contributed by atoms with van der Waals surface area (Å²) >= 11 is 0. The molecule has 1 aliphatic heterocycles. The van der Waals surface area contributed by atoms with E-state index in [9.17, 15) is 9.59 Å². The normalized spacial score (nSPS) is 27.3. The summed E-state index contributed by atoms with van der Waals surface area (Å²) in [4.78, 5) is 24.8. The highest BCUT2D eigenvalue weighted by Gasteiger charge is 2.40. The number of hydrogen-bond donors (Lipinski definition) is 2. The monoisotopic (exact) mass is 374 g/mol. The van der Waals surface area contributed by atoms with Gasteiger partial charge in [0.15, 0.2) is 0 Å². The van der Waals surface area contributed by atoms with E-state index in [1.807, 2.05) is 0 Å². The number of ether oxygens (including phenoxy) is 2. The van der Waals surface area contributed by atoms with Gasteiger partial charge in [0.25, 0.3) is 5.91 Å². The Hall–Kier alpha value is -2.24. The summed E-state index contributed by atoms with van der Waals surface area (Å²) in [5.74, 6) is 2.16. The third-order valence-electron chi connectivity index (χ3n) is 5.95. The Morgan fingerprint density at radius 3 is 2.78 bits per heavy atom. The van der Waals surface area contributed by atoms with Crippen molar-refractivity contribution in [3.8, 4) is 11.5 Å². The average molecular weight is 374 g/mol. The second kappa shape index (κ2) is 8.63. The molecule has 1 aliphatic carbocycles. The first-order valence-electron chi connectivity index (χ1n) is 9.88. The van der Waals surface area contributed by atoms with E-state index in [1.54, 1.807) is 32.4 Å². The van der Waals surface area contributed by atoms with Crippen LogP contribution in [0.25, 0.3) is 0 Å². The number of hydrogen-bond acceptors (Lipinski definition) is 4. The van der Waals surface area contributed by atoms with Gasteiger partial charge in [0.2, 0.25) is 5.91 Å². The van der Waals surface area contributed by atoms with E-state index in [2.05, 4.69) is 17.6 Å². The third kappa shape index (κ3) is 4.37. The zero-order valence-electron chi connectivity index (χ0n) is 16.4. The Balaban J connectivity index is 1.65. The third-order valence-corrected chi connectivity index (χ3v) is 5.95. The van der Waals surface area contributed by atoms with Gasteiger partial charge in [-0.2, -0.15) is 0 Å². The van der Waals surface area contributed by atoms with E-state index in [1.165, 1.54) is 0 Å². The molecule has 0 aromatic heterocycles. The van der Waals surface area contributed by atoms with E-state index in [0.29, 0.717) is 35.3 Å². The number of carbonyl (C=O) groups is 2. The Kier molecular flexibility index (Phi) is 6.24. The van der Waals surface area contributed by atoms with Crippen molar-refractivity contribution in [2.75, 3.05) is 14.2 Å². The lowest BCUT2D eigenvalue weighted by Crippen LogP contribution is -2.55. The van der Waals surface area contributed by atoms with Crippen LogP contribution in [0, 0.1) is 11.8 Å². The summed E-state index contributed by atoms with van der Waals surface area (Å²) in [5, 5.41) is 6.29. The largest absolute Gasteiger partial charge is 0.497 e. The molecule has 6 heteroatoms. The molecule has 1 heterocycles. The highest BCUT2D eigenvalue weighted by atomic mass is 16.5. The molecule has 2 N–H and O–H groups in total. The molecule has 0 spiro atoms. The van der Waals surface area contributed by atoms with Gasteiger partial charge in [-0.1, -0.05) is 13.3 Å². The second-order valence-corrected chi connectivity index (χ2v) is 7.64. The minimum atomic E-state index is -0.148. The summed E-state index contributed by atoms with van der Waals surface area (Å²) in [7, 11) is 3.12. The number of nitrogens with one attached hydrogen (secondary N) is 2. The molecule has 27 heavy (non-hydrogen) atoms. The van der Waals surface area contributed by atoms with Crippen molar-refractivity contribution in [1.82, 2.24) is 10.6 Å². The number of fused-ring (bicyclic) bond motifs is 1. The fourth-order valence-electron chi connectivity index (χ4n) is 4.65. The average Bonchev–Trinajstić information content (AvgIpc) is 2.67. The molecule has 4 unspecified atom stereocenters. The fraction of sp³-hybridized carbons (Fsp3) is 0.619. The van der Waals surface area contributed by atoms with Crippen LogP contribution in [-0.2, 0) is 4.79 Å². The molecule has 2 aliphatic rings. The number of piperidine rings is 1. The van der Waals surface area contributed by atoms with Gasteiger partial charge in [-0.25, -0.2) is 0 Å². The Morgan fingerprint density at radius 2 is 2.07 bits per heavy atom. The molecule has 2 amide bonds. The van der Waals surface area contributed by atoms with Crippen molar-refractivity contribution >= 4 is 11.8 Å². The van der Waals surface area contributed by atoms with Gasteiger partial charge in [-0.05, 0) is 49.7 Å². The van der Waals surface area contributed by atoms with Gasteiger partial charge in [-0.15, -0.1) is 0 Å². The van der Waals surface area contributed by atoms with Gasteiger partial charge in [0.05, 0.1) is 19.8 Å². The molecule has 0 bridgehead atoms. The van der Waals surface area contributed by atoms with Gasteiger partial charge in [-0.3, -0.25) is 9.59 Å². The number of carbonyl (C=O) groups excluding carboxylic acids is 2. The molecule has 4 atom stereocenters. The SMILES string of the molecule is CCCC1CC(=O)NC2CC(NC(=O)c3ccc(OC)cc3OC)CCC12. The van der Waals surface area contributed by atoms with Crippen LogP contribution in [-0.4, -0.2) is 38.1 Å². The van der Waals surface area contributed by atoms with Crippen molar-refractivity contribution in [3.63, 3.8) is 0 Å². The van der Waals surface area contributed by atoms with E-state index >= 15 is 0 Å². The minimum Gasteiger partial charge on any atom is -0.497 e. The van der Waals surface area contributed by atoms with Crippen molar-refractivity contribution < 1.29 is 19.1 Å². The van der Waals surface area contributed by atoms with Gasteiger partial charge in [0.1, 0.15) is 11.5 Å². The minimum absolute atomic E-state index is 0.0613. The first kappa shape index (κ1) is 19.5. The molecule has 1 saturated carbocycles. The molecule has 1 saturated heterocycles. The zero-order valence-corrected chi connectivity index (χ0v) is 16.4. The lowest BCUT2D eigenvalue weighted by atomic mass is 9.70. The van der Waals surface area contributed by atoms with E-state index in [-0.39, 0.29) is 23.9 Å². The van der Waals surface area contributed by atoms with Crippen molar-refractivity contribution in [2.24, 2.45) is 11.8 Å². The van der Waals surface area contributed by atoms with E-state index in [0.717, 1.165) is 32.1 Å². The highest BCUT2D eigenvalue weighted by molar-refractivity contribution is 5.97. The molecule has 1 aromatic rings. The molecule has 0 radical (unpaired) electrons. The maximum atomic E-state index is 12.8. The van der Waals surface area contributed by atoms with Crippen LogP contribution in [0.3, 0.4) is 0 Å². The molecule has 1 aromatic carbocycles. The maximum Gasteiger partial charge on any atom is 0.255 e. The van der Waals surface area contributed by atoms with Crippen molar-refractivity contribution in [1.29, 1.82) is 0 Å². The molecular weight excluding hydrogens is 344 g/mol. The van der Waals surface area contributed by atoms with Crippen LogP contribution >= 0.6 is 0 Å². The number of benzene rings is 1. The molecular formula is C21H30N2O4. The second-order valence-electron chi connectivity index (χ2n) is 7.64. The Labute approximate surface area is 161 Å². The van der Waals surface area contributed by atoms with Crippen LogP contribution < -0.4 is 20.1 Å². The van der Waals surface area contributed by atoms with Crippen LogP contribution in [0.15, 0.2) is 18.2 Å². The van der Waals surface area contributed by atoms with Gasteiger partial charge >= 0.3 is 0 Å². The Bertz CT molecular complexity index is 691.